The SMILES string of the molecule is CC(C)CCOC(C)(C)C.CCCN(CCC)c1ccc2cc(-c3ccc(/C=C(\C#N)C(N)=O)o3)ccc2c1. The average molecular weight is 532 g/mol. The summed E-state index contributed by atoms with van der Waals surface area (Å²) >= 11 is 0. The predicted octanol–water partition coefficient (Wildman–Crippen LogP) is 7.97. The lowest BCUT2D eigenvalue weighted by atomic mass is 10.0. The van der Waals surface area contributed by atoms with E-state index in [1.54, 1.807) is 12.1 Å². The zero-order valence-electron chi connectivity index (χ0n) is 24.7. The van der Waals surface area contributed by atoms with Crippen LogP contribution < -0.4 is 10.6 Å². The van der Waals surface area contributed by atoms with Gasteiger partial charge in [0, 0.05) is 37.0 Å². The Balaban J connectivity index is 0.000000455. The lowest BCUT2D eigenvalue weighted by molar-refractivity contribution is -0.114. The van der Waals surface area contributed by atoms with Gasteiger partial charge < -0.3 is 19.8 Å². The summed E-state index contributed by atoms with van der Waals surface area (Å²) in [6, 6.07) is 18.0. The van der Waals surface area contributed by atoms with Crippen LogP contribution in [0.15, 0.2) is 58.5 Å². The Kier molecular flexibility index (Phi) is 12.3. The normalized spacial score (nSPS) is 11.7. The number of amides is 1. The molecule has 0 saturated carbocycles. The molecule has 0 saturated heterocycles. The van der Waals surface area contributed by atoms with Gasteiger partial charge in [-0.1, -0.05) is 45.9 Å². The number of hydrogen-bond acceptors (Lipinski definition) is 5. The number of fused-ring (bicyclic) bond motifs is 1. The van der Waals surface area contributed by atoms with Crippen molar-refractivity contribution < 1.29 is 13.9 Å². The minimum absolute atomic E-state index is 0.0366. The molecular weight excluding hydrogens is 486 g/mol. The van der Waals surface area contributed by atoms with Gasteiger partial charge in [0.15, 0.2) is 0 Å². The van der Waals surface area contributed by atoms with Gasteiger partial charge in [0.25, 0.3) is 5.91 Å². The van der Waals surface area contributed by atoms with E-state index < -0.39 is 5.91 Å². The molecule has 0 fully saturated rings. The van der Waals surface area contributed by atoms with Crippen molar-refractivity contribution in [2.45, 2.75) is 73.3 Å². The number of nitriles is 1. The zero-order valence-corrected chi connectivity index (χ0v) is 24.7. The summed E-state index contributed by atoms with van der Waals surface area (Å²) < 4.78 is 11.3. The highest BCUT2D eigenvalue weighted by atomic mass is 16.5. The molecule has 6 nitrogen and oxygen atoms in total. The third-order valence-corrected chi connectivity index (χ3v) is 5.99. The van der Waals surface area contributed by atoms with E-state index in [1.807, 2.05) is 12.1 Å². The van der Waals surface area contributed by atoms with E-state index in [0.717, 1.165) is 55.8 Å². The van der Waals surface area contributed by atoms with Crippen LogP contribution >= 0.6 is 0 Å². The molecule has 1 aromatic heterocycles. The van der Waals surface area contributed by atoms with E-state index in [4.69, 9.17) is 20.1 Å². The second kappa shape index (κ2) is 15.1. The van der Waals surface area contributed by atoms with Crippen LogP contribution in [-0.4, -0.2) is 31.2 Å². The Hall–Kier alpha value is -3.56. The monoisotopic (exact) mass is 531 g/mol. The molecular formula is C33H45N3O3. The Morgan fingerprint density at radius 3 is 2.26 bits per heavy atom. The van der Waals surface area contributed by atoms with E-state index in [9.17, 15) is 4.79 Å². The molecule has 210 valence electrons. The largest absolute Gasteiger partial charge is 0.457 e. The number of furan rings is 1. The Morgan fingerprint density at radius 1 is 1.05 bits per heavy atom. The summed E-state index contributed by atoms with van der Waals surface area (Å²) in [7, 11) is 0. The molecule has 3 aromatic rings. The minimum atomic E-state index is -0.771. The number of primary amides is 1. The fourth-order valence-corrected chi connectivity index (χ4v) is 3.98. The summed E-state index contributed by atoms with van der Waals surface area (Å²) in [6.45, 7) is 18.1. The van der Waals surface area contributed by atoms with Crippen molar-refractivity contribution in [3.63, 3.8) is 0 Å². The summed E-state index contributed by atoms with van der Waals surface area (Å²) in [6.07, 6.45) is 4.76. The molecule has 0 aliphatic heterocycles. The molecule has 1 heterocycles. The van der Waals surface area contributed by atoms with Gasteiger partial charge in [-0.05, 0) is 87.1 Å². The van der Waals surface area contributed by atoms with Gasteiger partial charge in [-0.25, -0.2) is 0 Å². The molecule has 2 N–H and O–H groups in total. The van der Waals surface area contributed by atoms with Crippen molar-refractivity contribution in [3.05, 3.63) is 59.9 Å². The number of rotatable bonds is 11. The van der Waals surface area contributed by atoms with Crippen LogP contribution in [0.5, 0.6) is 0 Å². The summed E-state index contributed by atoms with van der Waals surface area (Å²) in [4.78, 5) is 13.6. The number of carbonyl (C=O) groups is 1. The van der Waals surface area contributed by atoms with Crippen LogP contribution in [0.25, 0.3) is 28.2 Å². The molecule has 0 aliphatic rings. The molecule has 39 heavy (non-hydrogen) atoms. The molecule has 0 aliphatic carbocycles. The van der Waals surface area contributed by atoms with Gasteiger partial charge in [0.1, 0.15) is 23.2 Å². The maximum atomic E-state index is 11.2. The lowest BCUT2D eigenvalue weighted by Crippen LogP contribution is -2.24. The van der Waals surface area contributed by atoms with E-state index in [0.29, 0.717) is 11.5 Å². The van der Waals surface area contributed by atoms with Crippen LogP contribution in [0.3, 0.4) is 0 Å². The Labute approximate surface area is 234 Å². The van der Waals surface area contributed by atoms with Crippen molar-refractivity contribution in [2.24, 2.45) is 11.7 Å². The smallest absolute Gasteiger partial charge is 0.259 e. The summed E-state index contributed by atoms with van der Waals surface area (Å²) in [5.74, 6) is 1.07. The van der Waals surface area contributed by atoms with Crippen molar-refractivity contribution in [1.82, 2.24) is 0 Å². The van der Waals surface area contributed by atoms with Crippen LogP contribution in [0.1, 0.15) is 73.5 Å². The van der Waals surface area contributed by atoms with Gasteiger partial charge in [-0.2, -0.15) is 5.26 Å². The van der Waals surface area contributed by atoms with Crippen molar-refractivity contribution in [3.8, 4) is 17.4 Å². The number of carbonyl (C=O) groups excluding carboxylic acids is 1. The van der Waals surface area contributed by atoms with Crippen molar-refractivity contribution in [1.29, 1.82) is 5.26 Å². The fraction of sp³-hybridized carbons (Fsp3) is 0.455. The first-order chi connectivity index (χ1) is 18.5. The standard InChI is InChI=1S/C24H25N3O2.C9H20O/c1-3-11-27(12-4-2)21-8-7-17-13-19(6-5-18(17)14-21)23-10-9-22(29-23)15-20(16-25)24(26)28;1-8(2)6-7-10-9(3,4)5/h5-10,13-15H,3-4,11-12H2,1-2H3,(H2,26,28);8H,6-7H2,1-5H3/b20-15+;. The van der Waals surface area contributed by atoms with Gasteiger partial charge >= 0.3 is 0 Å². The number of benzene rings is 2. The van der Waals surface area contributed by atoms with Crippen LogP contribution in [0, 0.1) is 17.2 Å². The van der Waals surface area contributed by atoms with E-state index in [1.165, 1.54) is 17.1 Å². The maximum Gasteiger partial charge on any atom is 0.259 e. The van der Waals surface area contributed by atoms with Gasteiger partial charge in [0.2, 0.25) is 0 Å². The third kappa shape index (κ3) is 10.6. The van der Waals surface area contributed by atoms with Crippen LogP contribution in [0.2, 0.25) is 0 Å². The maximum absolute atomic E-state index is 11.2. The second-order valence-corrected chi connectivity index (χ2v) is 11.1. The topological polar surface area (TPSA) is 92.5 Å². The first-order valence-corrected chi connectivity index (χ1v) is 13.9. The zero-order chi connectivity index (χ0) is 29.0. The average Bonchev–Trinajstić information content (AvgIpc) is 3.34. The molecule has 0 unspecified atom stereocenters. The number of anilines is 1. The van der Waals surface area contributed by atoms with Gasteiger partial charge in [-0.3, -0.25) is 4.79 Å². The molecule has 6 heteroatoms. The fourth-order valence-electron chi connectivity index (χ4n) is 3.98. The van der Waals surface area contributed by atoms with Crippen molar-refractivity contribution in [2.75, 3.05) is 24.6 Å². The number of nitrogens with two attached hydrogens (primary N) is 1. The highest BCUT2D eigenvalue weighted by Gasteiger charge is 2.11. The molecule has 0 atom stereocenters. The summed E-state index contributed by atoms with van der Waals surface area (Å²) in [5, 5.41) is 11.3. The van der Waals surface area contributed by atoms with Crippen molar-refractivity contribution >= 4 is 28.4 Å². The number of ether oxygens (including phenoxy) is 1. The predicted molar refractivity (Wildman–Crippen MR) is 162 cm³/mol. The molecule has 0 radical (unpaired) electrons. The van der Waals surface area contributed by atoms with Crippen LogP contribution in [0.4, 0.5) is 5.69 Å². The van der Waals surface area contributed by atoms with Gasteiger partial charge in [-0.15, -0.1) is 0 Å². The van der Waals surface area contributed by atoms with Gasteiger partial charge in [0.05, 0.1) is 5.60 Å². The molecule has 2 aromatic carbocycles. The highest BCUT2D eigenvalue weighted by Crippen LogP contribution is 2.29. The second-order valence-electron chi connectivity index (χ2n) is 11.1. The molecule has 0 bridgehead atoms. The Morgan fingerprint density at radius 2 is 1.69 bits per heavy atom. The third-order valence-electron chi connectivity index (χ3n) is 5.99. The highest BCUT2D eigenvalue weighted by molar-refractivity contribution is 6.00. The first-order valence-electron chi connectivity index (χ1n) is 13.9. The molecule has 0 spiro atoms. The van der Waals surface area contributed by atoms with E-state index in [2.05, 4.69) is 83.7 Å². The Bertz CT molecular complexity index is 1270. The number of hydrogen-bond donors (Lipinski definition) is 1. The molecule has 1 amide bonds. The van der Waals surface area contributed by atoms with E-state index in [-0.39, 0.29) is 11.2 Å². The molecule has 3 rings (SSSR count). The van der Waals surface area contributed by atoms with E-state index >= 15 is 0 Å². The minimum Gasteiger partial charge on any atom is -0.457 e. The summed E-state index contributed by atoms with van der Waals surface area (Å²) in [5.41, 5.74) is 7.25. The quantitative estimate of drug-likeness (QED) is 0.200. The number of nitrogens with zero attached hydrogens (tertiary/aromatic N) is 2. The lowest BCUT2D eigenvalue weighted by Gasteiger charge is -2.24. The first kappa shape index (κ1) is 31.7. The van der Waals surface area contributed by atoms with Crippen LogP contribution in [-0.2, 0) is 9.53 Å².